The summed E-state index contributed by atoms with van der Waals surface area (Å²) in [6.07, 6.45) is 2.57. The van der Waals surface area contributed by atoms with Crippen LogP contribution in [0.1, 0.15) is 29.6 Å². The molecule has 0 atom stereocenters. The highest BCUT2D eigenvalue weighted by atomic mass is 35.5. The summed E-state index contributed by atoms with van der Waals surface area (Å²) >= 11 is 5.77. The molecule has 1 heterocycles. The Morgan fingerprint density at radius 3 is 2.46 bits per heavy atom. The van der Waals surface area contributed by atoms with E-state index in [1.165, 1.54) is 28.6 Å². The molecule has 1 aliphatic heterocycles. The lowest BCUT2D eigenvalue weighted by atomic mass is 10.2. The summed E-state index contributed by atoms with van der Waals surface area (Å²) in [4.78, 5) is 22.9. The molecule has 10 heteroatoms. The van der Waals surface area contributed by atoms with Gasteiger partial charge >= 0.3 is 0 Å². The fraction of sp³-hybridized carbons (Fsp3) is 0.278. The van der Waals surface area contributed by atoms with Crippen molar-refractivity contribution in [3.63, 3.8) is 0 Å². The van der Waals surface area contributed by atoms with Crippen molar-refractivity contribution >= 4 is 38.9 Å². The van der Waals surface area contributed by atoms with Gasteiger partial charge in [-0.2, -0.15) is 4.31 Å². The molecule has 8 nitrogen and oxygen atoms in total. The number of carbonyl (C=O) groups is 1. The predicted octanol–water partition coefficient (Wildman–Crippen LogP) is 3.68. The lowest BCUT2D eigenvalue weighted by Gasteiger charge is -2.26. The summed E-state index contributed by atoms with van der Waals surface area (Å²) in [5, 5.41) is 13.5. The van der Waals surface area contributed by atoms with Crippen LogP contribution in [-0.4, -0.2) is 36.6 Å². The predicted molar refractivity (Wildman–Crippen MR) is 105 cm³/mol. The smallest absolute Gasteiger partial charge is 0.288 e. The van der Waals surface area contributed by atoms with Crippen molar-refractivity contribution < 1.29 is 18.1 Å². The van der Waals surface area contributed by atoms with Crippen molar-refractivity contribution in [2.24, 2.45) is 0 Å². The van der Waals surface area contributed by atoms with Gasteiger partial charge in [0, 0.05) is 24.7 Å². The maximum atomic E-state index is 13.0. The van der Waals surface area contributed by atoms with Gasteiger partial charge in [0.2, 0.25) is 10.0 Å². The Bertz CT molecular complexity index is 1020. The average Bonchev–Trinajstić information content (AvgIpc) is 2.69. The average molecular weight is 424 g/mol. The van der Waals surface area contributed by atoms with Crippen LogP contribution in [0, 0.1) is 10.1 Å². The summed E-state index contributed by atoms with van der Waals surface area (Å²) in [7, 11) is -3.76. The van der Waals surface area contributed by atoms with Crippen molar-refractivity contribution in [1.29, 1.82) is 0 Å². The second kappa shape index (κ2) is 8.26. The molecule has 2 aromatic rings. The molecule has 0 radical (unpaired) electrons. The van der Waals surface area contributed by atoms with E-state index in [1.807, 2.05) is 0 Å². The van der Waals surface area contributed by atoms with Crippen LogP contribution in [0.25, 0.3) is 0 Å². The van der Waals surface area contributed by atoms with Crippen LogP contribution in [0.3, 0.4) is 0 Å². The molecule has 0 saturated carbocycles. The minimum Gasteiger partial charge on any atom is -0.321 e. The first-order valence-corrected chi connectivity index (χ1v) is 10.5. The van der Waals surface area contributed by atoms with E-state index in [-0.39, 0.29) is 21.2 Å². The molecule has 0 bridgehead atoms. The van der Waals surface area contributed by atoms with E-state index in [2.05, 4.69) is 5.32 Å². The molecule has 148 valence electrons. The van der Waals surface area contributed by atoms with Crippen LogP contribution in [-0.2, 0) is 10.0 Å². The Morgan fingerprint density at radius 1 is 1.11 bits per heavy atom. The number of para-hydroxylation sites is 1. The SMILES string of the molecule is O=C(Nc1ccccc1S(=O)(=O)N1CCCCC1)c1ccc(Cl)c([N+](=O)[O-])c1. The molecule has 2 aromatic carbocycles. The normalized spacial score (nSPS) is 15.2. The van der Waals surface area contributed by atoms with E-state index in [1.54, 1.807) is 12.1 Å². The number of carbonyl (C=O) groups excluding carboxylic acids is 1. The number of hydrogen-bond acceptors (Lipinski definition) is 5. The number of anilines is 1. The van der Waals surface area contributed by atoms with E-state index in [0.29, 0.717) is 13.1 Å². The van der Waals surface area contributed by atoms with Crippen LogP contribution < -0.4 is 5.32 Å². The van der Waals surface area contributed by atoms with Gasteiger partial charge in [-0.15, -0.1) is 0 Å². The molecule has 1 saturated heterocycles. The third-order valence-corrected chi connectivity index (χ3v) is 6.75. The van der Waals surface area contributed by atoms with E-state index in [4.69, 9.17) is 11.6 Å². The molecule has 0 unspecified atom stereocenters. The van der Waals surface area contributed by atoms with Crippen LogP contribution in [0.5, 0.6) is 0 Å². The second-order valence-corrected chi connectivity index (χ2v) is 8.65. The number of hydrogen-bond donors (Lipinski definition) is 1. The van der Waals surface area contributed by atoms with Gasteiger partial charge in [0.15, 0.2) is 0 Å². The Morgan fingerprint density at radius 2 is 1.79 bits per heavy atom. The largest absolute Gasteiger partial charge is 0.321 e. The molecule has 0 aliphatic carbocycles. The van der Waals surface area contributed by atoms with E-state index in [9.17, 15) is 23.3 Å². The van der Waals surface area contributed by atoms with Gasteiger partial charge in [-0.3, -0.25) is 14.9 Å². The van der Waals surface area contributed by atoms with Gasteiger partial charge in [-0.25, -0.2) is 8.42 Å². The van der Waals surface area contributed by atoms with Crippen LogP contribution in [0.4, 0.5) is 11.4 Å². The molecule has 0 spiro atoms. The molecule has 0 aromatic heterocycles. The van der Waals surface area contributed by atoms with Crippen molar-refractivity contribution in [2.75, 3.05) is 18.4 Å². The first-order valence-electron chi connectivity index (χ1n) is 8.65. The number of nitrogens with zero attached hydrogens (tertiary/aromatic N) is 2. The number of nitro benzene ring substituents is 1. The third kappa shape index (κ3) is 4.16. The fourth-order valence-corrected chi connectivity index (χ4v) is 4.88. The van der Waals surface area contributed by atoms with Gasteiger partial charge in [0.25, 0.3) is 11.6 Å². The highest BCUT2D eigenvalue weighted by Gasteiger charge is 2.28. The summed E-state index contributed by atoms with van der Waals surface area (Å²) in [5.41, 5.74) is -0.277. The second-order valence-electron chi connectivity index (χ2n) is 6.34. The van der Waals surface area contributed by atoms with Crippen molar-refractivity contribution in [1.82, 2.24) is 4.31 Å². The Hall–Kier alpha value is -2.49. The van der Waals surface area contributed by atoms with Gasteiger partial charge in [-0.1, -0.05) is 30.2 Å². The number of nitro groups is 1. The fourth-order valence-electron chi connectivity index (χ4n) is 3.03. The first-order chi connectivity index (χ1) is 13.3. The monoisotopic (exact) mass is 423 g/mol. The maximum Gasteiger partial charge on any atom is 0.288 e. The van der Waals surface area contributed by atoms with E-state index >= 15 is 0 Å². The van der Waals surface area contributed by atoms with Gasteiger partial charge in [0.1, 0.15) is 9.92 Å². The highest BCUT2D eigenvalue weighted by Crippen LogP contribution is 2.29. The molecule has 1 N–H and O–H groups in total. The van der Waals surface area contributed by atoms with Gasteiger partial charge < -0.3 is 5.32 Å². The first kappa shape index (κ1) is 20.2. The molecule has 1 amide bonds. The lowest BCUT2D eigenvalue weighted by molar-refractivity contribution is -0.384. The molecule has 28 heavy (non-hydrogen) atoms. The maximum absolute atomic E-state index is 13.0. The number of rotatable bonds is 5. The quantitative estimate of drug-likeness (QED) is 0.582. The summed E-state index contributed by atoms with van der Waals surface area (Å²) in [6, 6.07) is 9.76. The standard InChI is InChI=1S/C18H18ClN3O5S/c19-14-9-8-13(12-16(14)22(24)25)18(23)20-15-6-2-3-7-17(15)28(26,27)21-10-4-1-5-11-21/h2-3,6-9,12H,1,4-5,10-11H2,(H,20,23). The number of benzene rings is 2. The van der Waals surface area contributed by atoms with Crippen molar-refractivity contribution in [2.45, 2.75) is 24.2 Å². The minimum absolute atomic E-state index is 0.00118. The molecular formula is C18H18ClN3O5S. The molecule has 3 rings (SSSR count). The molecular weight excluding hydrogens is 406 g/mol. The van der Waals surface area contributed by atoms with E-state index < -0.39 is 26.5 Å². The number of nitrogens with one attached hydrogen (secondary N) is 1. The molecule has 1 fully saturated rings. The van der Waals surface area contributed by atoms with E-state index in [0.717, 1.165) is 25.3 Å². The third-order valence-electron chi connectivity index (χ3n) is 4.47. The number of sulfonamides is 1. The lowest BCUT2D eigenvalue weighted by Crippen LogP contribution is -2.36. The topological polar surface area (TPSA) is 110 Å². The molecule has 1 aliphatic rings. The Kier molecular flexibility index (Phi) is 5.97. The number of piperidine rings is 1. The zero-order valence-electron chi connectivity index (χ0n) is 14.8. The van der Waals surface area contributed by atoms with Crippen molar-refractivity contribution in [3.8, 4) is 0 Å². The van der Waals surface area contributed by atoms with Gasteiger partial charge in [-0.05, 0) is 37.1 Å². The minimum atomic E-state index is -3.76. The summed E-state index contributed by atoms with van der Waals surface area (Å²) in [6.45, 7) is 0.877. The van der Waals surface area contributed by atoms with Crippen molar-refractivity contribution in [3.05, 3.63) is 63.2 Å². The Labute approximate surface area is 167 Å². The number of amides is 1. The summed E-state index contributed by atoms with van der Waals surface area (Å²) in [5.74, 6) is -0.666. The van der Waals surface area contributed by atoms with Crippen LogP contribution >= 0.6 is 11.6 Å². The highest BCUT2D eigenvalue weighted by molar-refractivity contribution is 7.89. The van der Waals surface area contributed by atoms with Crippen LogP contribution in [0.2, 0.25) is 5.02 Å². The zero-order chi connectivity index (χ0) is 20.3. The Balaban J connectivity index is 1.91. The zero-order valence-corrected chi connectivity index (χ0v) is 16.4. The van der Waals surface area contributed by atoms with Gasteiger partial charge in [0.05, 0.1) is 10.6 Å². The summed E-state index contributed by atoms with van der Waals surface area (Å²) < 4.78 is 27.4. The van der Waals surface area contributed by atoms with Crippen LogP contribution in [0.15, 0.2) is 47.4 Å². The number of halogens is 1.